The number of hydrogen-bond acceptors (Lipinski definition) is 6. The van der Waals surface area contributed by atoms with Crippen molar-refractivity contribution in [3.63, 3.8) is 0 Å². The number of likely N-dealkylation sites (tertiary alicyclic amines) is 1. The average Bonchev–Trinajstić information content (AvgIpc) is 3.43. The van der Waals surface area contributed by atoms with Crippen LogP contribution in [0.25, 0.3) is 0 Å². The third-order valence-electron chi connectivity index (χ3n) is 9.58. The second-order valence-corrected chi connectivity index (χ2v) is 12.6. The van der Waals surface area contributed by atoms with E-state index in [0.29, 0.717) is 19.3 Å². The maximum absolute atomic E-state index is 14.9. The van der Waals surface area contributed by atoms with Crippen LogP contribution in [0.5, 0.6) is 0 Å². The number of fused-ring (bicyclic) bond motifs is 1. The molecule has 8 nitrogen and oxygen atoms in total. The quantitative estimate of drug-likeness (QED) is 0.230. The Morgan fingerprint density at radius 1 is 1.27 bits per heavy atom. The second-order valence-electron chi connectivity index (χ2n) is 12.6. The van der Waals surface area contributed by atoms with E-state index in [2.05, 4.69) is 13.2 Å². The van der Waals surface area contributed by atoms with Gasteiger partial charge < -0.3 is 24.4 Å². The van der Waals surface area contributed by atoms with E-state index in [4.69, 9.17) is 9.47 Å². The van der Waals surface area contributed by atoms with Gasteiger partial charge in [0.25, 0.3) is 5.91 Å². The number of carbonyl (C=O) groups excluding carboxylic acids is 3. The van der Waals surface area contributed by atoms with Gasteiger partial charge in [-0.1, -0.05) is 45.1 Å². The number of benzene rings is 1. The van der Waals surface area contributed by atoms with E-state index >= 15 is 0 Å². The molecule has 3 aliphatic rings. The van der Waals surface area contributed by atoms with E-state index in [1.807, 2.05) is 59.7 Å². The Morgan fingerprint density at radius 2 is 1.98 bits per heavy atom. The van der Waals surface area contributed by atoms with Gasteiger partial charge in [0.15, 0.2) is 0 Å². The van der Waals surface area contributed by atoms with Crippen LogP contribution in [0.15, 0.2) is 43.5 Å². The molecule has 1 aromatic carbocycles. The Kier molecular flexibility index (Phi) is 8.86. The fourth-order valence-electron chi connectivity index (χ4n) is 7.38. The van der Waals surface area contributed by atoms with Crippen molar-refractivity contribution in [1.82, 2.24) is 4.90 Å². The summed E-state index contributed by atoms with van der Waals surface area (Å²) in [7, 11) is 0. The van der Waals surface area contributed by atoms with E-state index in [-0.39, 0.29) is 43.4 Å². The van der Waals surface area contributed by atoms with E-state index in [1.165, 1.54) is 4.90 Å². The summed E-state index contributed by atoms with van der Waals surface area (Å²) < 4.78 is 12.5. The Labute approximate surface area is 244 Å². The van der Waals surface area contributed by atoms with Crippen molar-refractivity contribution in [3.8, 4) is 0 Å². The van der Waals surface area contributed by atoms with Crippen LogP contribution in [-0.4, -0.2) is 70.8 Å². The zero-order chi connectivity index (χ0) is 30.3. The van der Waals surface area contributed by atoms with E-state index in [9.17, 15) is 19.5 Å². The number of unbranched alkanes of at least 4 members (excludes halogenated alkanes) is 1. The standard InChI is InChI=1S/C33H46N2O6/c1-9-11-12-16-40-31(39)27-26-29(37)35(25(19-36)20(3)4)28(33(26)18-23(7)32(27,8)41-33)30(38)34(15-10-2)24-17-21(5)13-14-22(24)6/h9-10,13-14,17,20,23,25-28,36H,1-2,11-12,15-16,18-19H2,3-8H3/t23?,25-,26-,27+,28?,32-,33?/m0/s1. The first-order chi connectivity index (χ1) is 19.4. The molecular formula is C33H46N2O6. The largest absolute Gasteiger partial charge is 0.465 e. The predicted octanol–water partition coefficient (Wildman–Crippen LogP) is 4.36. The minimum absolute atomic E-state index is 0.104. The highest BCUT2D eigenvalue weighted by Crippen LogP contribution is 2.66. The number of anilines is 1. The number of hydrogen-bond donors (Lipinski definition) is 1. The smallest absolute Gasteiger partial charge is 0.312 e. The van der Waals surface area contributed by atoms with Gasteiger partial charge in [0.1, 0.15) is 17.6 Å². The van der Waals surface area contributed by atoms with Crippen LogP contribution in [0.1, 0.15) is 58.1 Å². The highest BCUT2D eigenvalue weighted by Gasteiger charge is 2.81. The number of aliphatic hydroxyl groups is 1. The van der Waals surface area contributed by atoms with Gasteiger partial charge in [0.2, 0.25) is 5.91 Å². The van der Waals surface area contributed by atoms with Gasteiger partial charge in [-0.2, -0.15) is 0 Å². The van der Waals surface area contributed by atoms with Gasteiger partial charge in [-0.15, -0.1) is 13.2 Å². The van der Waals surface area contributed by atoms with Gasteiger partial charge in [0, 0.05) is 12.2 Å². The summed E-state index contributed by atoms with van der Waals surface area (Å²) in [5, 5.41) is 10.5. The van der Waals surface area contributed by atoms with Crippen LogP contribution in [0.4, 0.5) is 5.69 Å². The topological polar surface area (TPSA) is 96.4 Å². The molecule has 0 aromatic heterocycles. The maximum Gasteiger partial charge on any atom is 0.312 e. The first kappa shape index (κ1) is 31.0. The number of rotatable bonds is 12. The third-order valence-corrected chi connectivity index (χ3v) is 9.58. The predicted molar refractivity (Wildman–Crippen MR) is 158 cm³/mol. The Balaban J connectivity index is 1.85. The van der Waals surface area contributed by atoms with Gasteiger partial charge in [-0.05, 0) is 69.1 Å². The Bertz CT molecular complexity index is 1210. The number of aliphatic hydroxyl groups excluding tert-OH is 1. The van der Waals surface area contributed by atoms with Crippen molar-refractivity contribution in [2.75, 3.05) is 24.7 Å². The van der Waals surface area contributed by atoms with Crippen LogP contribution < -0.4 is 4.90 Å². The number of ether oxygens (including phenoxy) is 2. The molecule has 0 saturated carbocycles. The van der Waals surface area contributed by atoms with Gasteiger partial charge in [-0.25, -0.2) is 0 Å². The maximum atomic E-state index is 14.9. The lowest BCUT2D eigenvalue weighted by Gasteiger charge is -2.41. The first-order valence-corrected chi connectivity index (χ1v) is 14.8. The van der Waals surface area contributed by atoms with Crippen molar-refractivity contribution in [1.29, 1.82) is 0 Å². The number of esters is 1. The average molecular weight is 567 g/mol. The molecule has 7 atom stereocenters. The molecule has 1 spiro atoms. The van der Waals surface area contributed by atoms with E-state index in [1.54, 1.807) is 17.1 Å². The molecule has 3 heterocycles. The SMILES string of the molecule is C=CCCCOC(=O)[C@H]1[C@H]2C(=O)N([C@@H](CO)C(C)C)C(C(=O)N(CC=C)c3cc(C)ccc3C)C23CC(C)[C@]1(C)O3. The molecular weight excluding hydrogens is 520 g/mol. The summed E-state index contributed by atoms with van der Waals surface area (Å²) >= 11 is 0. The van der Waals surface area contributed by atoms with Gasteiger partial charge >= 0.3 is 5.97 Å². The minimum Gasteiger partial charge on any atom is -0.465 e. The molecule has 3 fully saturated rings. The van der Waals surface area contributed by atoms with Crippen molar-refractivity contribution in [3.05, 3.63) is 54.6 Å². The van der Waals surface area contributed by atoms with E-state index < -0.39 is 41.1 Å². The molecule has 1 N–H and O–H groups in total. The van der Waals surface area contributed by atoms with Crippen molar-refractivity contribution in [2.45, 2.75) is 84.1 Å². The van der Waals surface area contributed by atoms with Crippen LogP contribution in [0.2, 0.25) is 0 Å². The molecule has 41 heavy (non-hydrogen) atoms. The van der Waals surface area contributed by atoms with Crippen LogP contribution in [-0.2, 0) is 23.9 Å². The summed E-state index contributed by atoms with van der Waals surface area (Å²) in [4.78, 5) is 46.2. The zero-order valence-electron chi connectivity index (χ0n) is 25.4. The van der Waals surface area contributed by atoms with E-state index in [0.717, 1.165) is 16.8 Å². The summed E-state index contributed by atoms with van der Waals surface area (Å²) in [5.74, 6) is -3.10. The van der Waals surface area contributed by atoms with Gasteiger partial charge in [0.05, 0.1) is 30.8 Å². The van der Waals surface area contributed by atoms with Crippen LogP contribution >= 0.6 is 0 Å². The second kappa shape index (κ2) is 11.7. The molecule has 8 heteroatoms. The summed E-state index contributed by atoms with van der Waals surface area (Å²) in [6.07, 6.45) is 5.23. The third kappa shape index (κ3) is 4.93. The van der Waals surface area contributed by atoms with Crippen LogP contribution in [0.3, 0.4) is 0 Å². The monoisotopic (exact) mass is 566 g/mol. The summed E-state index contributed by atoms with van der Waals surface area (Å²) in [5.41, 5.74) is 0.451. The van der Waals surface area contributed by atoms with Gasteiger partial charge in [-0.3, -0.25) is 14.4 Å². The number of amides is 2. The van der Waals surface area contributed by atoms with Crippen LogP contribution in [0, 0.1) is 37.5 Å². The number of aryl methyl sites for hydroxylation is 2. The molecule has 0 radical (unpaired) electrons. The molecule has 4 rings (SSSR count). The number of carbonyl (C=O) groups is 3. The lowest BCUT2D eigenvalue weighted by atomic mass is 9.62. The molecule has 224 valence electrons. The number of nitrogens with zero attached hydrogens (tertiary/aromatic N) is 2. The summed E-state index contributed by atoms with van der Waals surface area (Å²) in [6, 6.07) is 4.26. The first-order valence-electron chi connectivity index (χ1n) is 14.8. The Morgan fingerprint density at radius 3 is 2.59 bits per heavy atom. The van der Waals surface area contributed by atoms with Crippen molar-refractivity contribution >= 4 is 23.5 Å². The zero-order valence-corrected chi connectivity index (χ0v) is 25.4. The molecule has 2 bridgehead atoms. The fraction of sp³-hybridized carbons (Fsp3) is 0.606. The molecule has 1 aromatic rings. The Hall–Kier alpha value is -2.97. The molecule has 2 amide bonds. The molecule has 3 unspecified atom stereocenters. The highest BCUT2D eigenvalue weighted by molar-refractivity contribution is 6.05. The molecule has 3 aliphatic heterocycles. The number of allylic oxidation sites excluding steroid dienone is 1. The highest BCUT2D eigenvalue weighted by atomic mass is 16.6. The lowest BCUT2D eigenvalue weighted by Crippen LogP contribution is -2.60. The molecule has 3 saturated heterocycles. The van der Waals surface area contributed by atoms with Crippen molar-refractivity contribution < 1.29 is 29.0 Å². The lowest BCUT2D eigenvalue weighted by molar-refractivity contribution is -0.162. The fourth-order valence-corrected chi connectivity index (χ4v) is 7.38. The minimum atomic E-state index is -1.23. The van der Waals surface area contributed by atoms with Crippen molar-refractivity contribution in [2.24, 2.45) is 23.7 Å². The molecule has 0 aliphatic carbocycles. The summed E-state index contributed by atoms with van der Waals surface area (Å²) in [6.45, 7) is 19.4. The normalized spacial score (nSPS) is 30.8.